The molecule has 1 heterocycles. The van der Waals surface area contributed by atoms with Crippen molar-refractivity contribution < 1.29 is 14.6 Å². The Balaban J connectivity index is 1.79. The molecule has 0 fully saturated rings. The molecule has 0 aliphatic rings. The van der Waals surface area contributed by atoms with E-state index in [4.69, 9.17) is 11.2 Å². The van der Waals surface area contributed by atoms with E-state index in [2.05, 4.69) is 21.5 Å². The van der Waals surface area contributed by atoms with Crippen LogP contribution in [0.2, 0.25) is 0 Å². The van der Waals surface area contributed by atoms with Gasteiger partial charge in [-0.2, -0.15) is 0 Å². The third kappa shape index (κ3) is 3.75. The molecule has 3 rings (SSSR count). The number of carbonyl (C=O) groups is 1. The highest BCUT2D eigenvalue weighted by atomic mass is 16.5. The number of azo groups is 1. The van der Waals surface area contributed by atoms with Gasteiger partial charge in [0.2, 0.25) is 5.88 Å². The number of aromatic nitrogens is 1. The Morgan fingerprint density at radius 2 is 2.00 bits per heavy atom. The van der Waals surface area contributed by atoms with Crippen LogP contribution in [-0.4, -0.2) is 29.2 Å². The minimum Gasteiger partial charge on any atom is -0.495 e. The highest BCUT2D eigenvalue weighted by Crippen LogP contribution is 2.38. The first-order valence-electron chi connectivity index (χ1n) is 8.20. The van der Waals surface area contributed by atoms with E-state index in [9.17, 15) is 9.90 Å². The molecule has 2 aromatic carbocycles. The number of fused-ring (bicyclic) bond motifs is 1. The molecule has 7 heteroatoms. The zero-order valence-electron chi connectivity index (χ0n) is 14.7. The Kier molecular flexibility index (Phi) is 5.38. The van der Waals surface area contributed by atoms with Crippen LogP contribution in [-0.2, 0) is 11.3 Å². The second-order valence-electron chi connectivity index (χ2n) is 5.63. The Bertz CT molecular complexity index is 1050. The van der Waals surface area contributed by atoms with E-state index >= 15 is 0 Å². The standard InChI is InChI=1S/C20H18N4O3/c1-3-12-24-16-10-6-4-8-14(16)19(20(24)26)23-22-18(25)13-21-15-9-5-7-11-17(15)27-2/h1,4-11,21,26H,12-13H2,2H3. The summed E-state index contributed by atoms with van der Waals surface area (Å²) in [6.45, 7) is 0.124. The number of benzene rings is 2. The van der Waals surface area contributed by atoms with E-state index in [0.717, 1.165) is 5.52 Å². The van der Waals surface area contributed by atoms with E-state index in [1.54, 1.807) is 29.9 Å². The summed E-state index contributed by atoms with van der Waals surface area (Å²) >= 11 is 0. The van der Waals surface area contributed by atoms with E-state index in [-0.39, 0.29) is 24.7 Å². The lowest BCUT2D eigenvalue weighted by molar-refractivity contribution is -0.116. The molecule has 0 aliphatic heterocycles. The molecule has 27 heavy (non-hydrogen) atoms. The number of amides is 1. The first-order valence-corrected chi connectivity index (χ1v) is 8.20. The van der Waals surface area contributed by atoms with Gasteiger partial charge in [-0.05, 0) is 18.2 Å². The summed E-state index contributed by atoms with van der Waals surface area (Å²) in [6, 6.07) is 14.5. The molecule has 0 saturated carbocycles. The minimum atomic E-state index is -0.492. The van der Waals surface area contributed by atoms with E-state index in [1.807, 2.05) is 30.3 Å². The van der Waals surface area contributed by atoms with Gasteiger partial charge in [0, 0.05) is 5.39 Å². The largest absolute Gasteiger partial charge is 0.495 e. The molecular weight excluding hydrogens is 344 g/mol. The molecule has 136 valence electrons. The van der Waals surface area contributed by atoms with Crippen LogP contribution in [0.1, 0.15) is 0 Å². The SMILES string of the molecule is C#CCn1c(O)c(N=NC(=O)CNc2ccccc2OC)c2ccccc21. The number of anilines is 1. The predicted molar refractivity (Wildman–Crippen MR) is 103 cm³/mol. The molecule has 1 amide bonds. The normalized spacial score (nSPS) is 10.8. The van der Waals surface area contributed by atoms with Crippen molar-refractivity contribution in [1.29, 1.82) is 0 Å². The fourth-order valence-corrected chi connectivity index (χ4v) is 2.72. The lowest BCUT2D eigenvalue weighted by atomic mass is 10.2. The topological polar surface area (TPSA) is 88.2 Å². The molecule has 0 saturated heterocycles. The maximum absolute atomic E-state index is 12.1. The second-order valence-corrected chi connectivity index (χ2v) is 5.63. The first kappa shape index (κ1) is 18.0. The van der Waals surface area contributed by atoms with Crippen molar-refractivity contribution in [2.75, 3.05) is 19.0 Å². The predicted octanol–water partition coefficient (Wildman–Crippen LogP) is 3.71. The van der Waals surface area contributed by atoms with Gasteiger partial charge >= 0.3 is 0 Å². The lowest BCUT2D eigenvalue weighted by Crippen LogP contribution is -2.11. The van der Waals surface area contributed by atoms with Gasteiger partial charge in [-0.25, -0.2) is 0 Å². The third-order valence-electron chi connectivity index (χ3n) is 3.97. The van der Waals surface area contributed by atoms with Gasteiger partial charge in [0.1, 0.15) is 5.75 Å². The molecule has 3 aromatic rings. The van der Waals surface area contributed by atoms with Crippen LogP contribution in [0.5, 0.6) is 11.6 Å². The number of hydrogen-bond donors (Lipinski definition) is 2. The maximum Gasteiger partial charge on any atom is 0.283 e. The quantitative estimate of drug-likeness (QED) is 0.517. The molecule has 0 aliphatic carbocycles. The molecule has 0 atom stereocenters. The number of nitrogens with zero attached hydrogens (tertiary/aromatic N) is 3. The van der Waals surface area contributed by atoms with Crippen molar-refractivity contribution in [3.8, 4) is 24.0 Å². The van der Waals surface area contributed by atoms with Gasteiger partial charge in [0.25, 0.3) is 5.91 Å². The van der Waals surface area contributed by atoms with Crippen molar-refractivity contribution in [3.05, 3.63) is 48.5 Å². The number of aromatic hydroxyl groups is 1. The molecule has 0 bridgehead atoms. The number of para-hydroxylation sites is 3. The zero-order valence-corrected chi connectivity index (χ0v) is 14.7. The third-order valence-corrected chi connectivity index (χ3v) is 3.97. The molecule has 0 spiro atoms. The van der Waals surface area contributed by atoms with Crippen molar-refractivity contribution in [3.63, 3.8) is 0 Å². The second kappa shape index (κ2) is 8.06. The highest BCUT2D eigenvalue weighted by Gasteiger charge is 2.16. The number of ether oxygens (including phenoxy) is 1. The van der Waals surface area contributed by atoms with Gasteiger partial charge in [-0.15, -0.1) is 16.7 Å². The van der Waals surface area contributed by atoms with Crippen LogP contribution < -0.4 is 10.1 Å². The van der Waals surface area contributed by atoms with E-state index in [1.165, 1.54) is 0 Å². The molecule has 1 aromatic heterocycles. The van der Waals surface area contributed by atoms with Crippen LogP contribution in [0, 0.1) is 12.3 Å². The van der Waals surface area contributed by atoms with Crippen molar-refractivity contribution >= 4 is 28.2 Å². The fourth-order valence-electron chi connectivity index (χ4n) is 2.72. The lowest BCUT2D eigenvalue weighted by Gasteiger charge is -2.08. The van der Waals surface area contributed by atoms with Gasteiger partial charge in [0.15, 0.2) is 5.69 Å². The van der Waals surface area contributed by atoms with Gasteiger partial charge < -0.3 is 15.2 Å². The van der Waals surface area contributed by atoms with Crippen molar-refractivity contribution in [2.24, 2.45) is 10.2 Å². The summed E-state index contributed by atoms with van der Waals surface area (Å²) in [5.74, 6) is 2.50. The smallest absolute Gasteiger partial charge is 0.283 e. The average molecular weight is 362 g/mol. The molecule has 7 nitrogen and oxygen atoms in total. The minimum absolute atomic E-state index is 0.0619. The molecule has 2 N–H and O–H groups in total. The van der Waals surface area contributed by atoms with E-state index in [0.29, 0.717) is 16.8 Å². The van der Waals surface area contributed by atoms with Crippen LogP contribution in [0.25, 0.3) is 10.9 Å². The van der Waals surface area contributed by atoms with Crippen molar-refractivity contribution in [1.82, 2.24) is 4.57 Å². The average Bonchev–Trinajstić information content (AvgIpc) is 2.96. The summed E-state index contributed by atoms with van der Waals surface area (Å²) in [4.78, 5) is 12.1. The summed E-state index contributed by atoms with van der Waals surface area (Å²) in [6.07, 6.45) is 5.36. The Morgan fingerprint density at radius 3 is 2.78 bits per heavy atom. The first-order chi connectivity index (χ1) is 13.2. The molecular formula is C20H18N4O3. The summed E-state index contributed by atoms with van der Waals surface area (Å²) in [5, 5.41) is 21.7. The van der Waals surface area contributed by atoms with Gasteiger partial charge in [-0.3, -0.25) is 9.36 Å². The number of terminal acetylenes is 1. The Labute approximate surface area is 156 Å². The highest BCUT2D eigenvalue weighted by molar-refractivity contribution is 5.95. The van der Waals surface area contributed by atoms with Crippen LogP contribution in [0.15, 0.2) is 58.8 Å². The monoisotopic (exact) mass is 362 g/mol. The zero-order chi connectivity index (χ0) is 19.2. The number of hydrogen-bond acceptors (Lipinski definition) is 5. The number of methoxy groups -OCH3 is 1. The summed E-state index contributed by atoms with van der Waals surface area (Å²) in [5.41, 5.74) is 1.62. The van der Waals surface area contributed by atoms with Crippen LogP contribution in [0.3, 0.4) is 0 Å². The van der Waals surface area contributed by atoms with E-state index < -0.39 is 5.91 Å². The maximum atomic E-state index is 12.1. The Morgan fingerprint density at radius 1 is 1.26 bits per heavy atom. The van der Waals surface area contributed by atoms with Crippen LogP contribution >= 0.6 is 0 Å². The van der Waals surface area contributed by atoms with Crippen molar-refractivity contribution in [2.45, 2.75) is 6.54 Å². The number of rotatable bonds is 6. The Hall–Kier alpha value is -3.79. The fraction of sp³-hybridized carbons (Fsp3) is 0.150. The number of carbonyl (C=O) groups excluding carboxylic acids is 1. The van der Waals surface area contributed by atoms with Gasteiger partial charge in [-0.1, -0.05) is 36.3 Å². The summed E-state index contributed by atoms with van der Waals surface area (Å²) in [7, 11) is 1.55. The molecule has 0 radical (unpaired) electrons. The molecule has 0 unspecified atom stereocenters. The summed E-state index contributed by atoms with van der Waals surface area (Å²) < 4.78 is 6.76. The van der Waals surface area contributed by atoms with Crippen LogP contribution in [0.4, 0.5) is 11.4 Å². The number of nitrogens with one attached hydrogen (secondary N) is 1. The van der Waals surface area contributed by atoms with Gasteiger partial charge in [0.05, 0.1) is 31.4 Å².